The Bertz CT molecular complexity index is 962. The highest BCUT2D eigenvalue weighted by atomic mass is 19.4. The minimum atomic E-state index is -5.08. The van der Waals surface area contributed by atoms with Gasteiger partial charge in [0.05, 0.1) is 19.1 Å². The minimum absolute atomic E-state index is 0.144. The van der Waals surface area contributed by atoms with Crippen molar-refractivity contribution < 1.29 is 41.5 Å². The number of carbonyl (C=O) groups excluding carboxylic acids is 2. The molecule has 4 N–H and O–H groups in total. The molecule has 3 rings (SSSR count). The first kappa shape index (κ1) is 26.8. The molecule has 1 fully saturated rings. The second kappa shape index (κ2) is 12.1. The lowest BCUT2D eigenvalue weighted by atomic mass is 10.1. The average molecular weight is 488 g/mol. The van der Waals surface area contributed by atoms with E-state index in [0.29, 0.717) is 31.7 Å². The van der Waals surface area contributed by atoms with E-state index in [-0.39, 0.29) is 30.6 Å². The fourth-order valence-corrected chi connectivity index (χ4v) is 2.84. The molecule has 0 unspecified atom stereocenters. The number of nitrogens with one attached hydrogen (secondary N) is 1. The maximum atomic E-state index is 12.8. The Hall–Kier alpha value is -3.48. The summed E-state index contributed by atoms with van der Waals surface area (Å²) >= 11 is 0. The monoisotopic (exact) mass is 488 g/mol. The van der Waals surface area contributed by atoms with E-state index < -0.39 is 24.4 Å². The van der Waals surface area contributed by atoms with E-state index in [1.807, 2.05) is 30.3 Å². The van der Waals surface area contributed by atoms with E-state index in [1.54, 1.807) is 0 Å². The zero-order valence-corrected chi connectivity index (χ0v) is 17.9. The van der Waals surface area contributed by atoms with E-state index in [1.165, 1.54) is 11.2 Å². The van der Waals surface area contributed by atoms with Crippen molar-refractivity contribution in [1.29, 1.82) is 0 Å². The van der Waals surface area contributed by atoms with Gasteiger partial charge in [-0.3, -0.25) is 9.59 Å². The number of amides is 2. The van der Waals surface area contributed by atoms with Crippen LogP contribution in [0.2, 0.25) is 0 Å². The van der Waals surface area contributed by atoms with Crippen molar-refractivity contribution in [3.05, 3.63) is 42.3 Å². The summed E-state index contributed by atoms with van der Waals surface area (Å²) in [6.45, 7) is 0.736. The second-order valence-electron chi connectivity index (χ2n) is 7.41. The number of halogens is 4. The quantitative estimate of drug-likeness (QED) is 0.383. The van der Waals surface area contributed by atoms with Gasteiger partial charge in [0.25, 0.3) is 5.91 Å². The van der Waals surface area contributed by atoms with Gasteiger partial charge in [-0.15, -0.1) is 0 Å². The Morgan fingerprint density at radius 3 is 2.38 bits per heavy atom. The SMILES string of the molecule is N[C@@H](CCCCNC(=O)c1coc(-c2ccccc2)n1)C(=O)N1CC(F)C1.O=C(O)C(F)(F)F. The van der Waals surface area contributed by atoms with Gasteiger partial charge in [0.2, 0.25) is 11.8 Å². The summed E-state index contributed by atoms with van der Waals surface area (Å²) in [7, 11) is 0. The Balaban J connectivity index is 0.000000509. The molecule has 0 bridgehead atoms. The predicted molar refractivity (Wildman–Crippen MR) is 111 cm³/mol. The lowest BCUT2D eigenvalue weighted by Crippen LogP contribution is -2.56. The number of nitrogens with zero attached hydrogens (tertiary/aromatic N) is 2. The van der Waals surface area contributed by atoms with E-state index >= 15 is 0 Å². The first-order valence-electron chi connectivity index (χ1n) is 10.3. The number of aliphatic carboxylic acids is 1. The largest absolute Gasteiger partial charge is 0.490 e. The molecule has 186 valence electrons. The van der Waals surface area contributed by atoms with Gasteiger partial charge >= 0.3 is 12.1 Å². The normalized spacial score (nSPS) is 14.4. The fourth-order valence-electron chi connectivity index (χ4n) is 2.84. The number of benzene rings is 1. The summed E-state index contributed by atoms with van der Waals surface area (Å²) in [5, 5.41) is 9.90. The molecular formula is C21H24F4N4O5. The van der Waals surface area contributed by atoms with Crippen LogP contribution in [-0.4, -0.2) is 70.8 Å². The van der Waals surface area contributed by atoms with Crippen molar-refractivity contribution in [2.45, 2.75) is 37.7 Å². The zero-order valence-electron chi connectivity index (χ0n) is 17.9. The van der Waals surface area contributed by atoms with Gasteiger partial charge in [0, 0.05) is 12.1 Å². The molecule has 0 aliphatic carbocycles. The smallest absolute Gasteiger partial charge is 0.475 e. The van der Waals surface area contributed by atoms with Crippen molar-refractivity contribution in [1.82, 2.24) is 15.2 Å². The number of carboxylic acid groups (broad SMARTS) is 1. The third kappa shape index (κ3) is 8.14. The number of unbranched alkanes of at least 4 members (excludes halogenated alkanes) is 1. The molecule has 1 aliphatic rings. The molecule has 34 heavy (non-hydrogen) atoms. The lowest BCUT2D eigenvalue weighted by molar-refractivity contribution is -0.192. The molecule has 1 aromatic heterocycles. The van der Waals surface area contributed by atoms with Crippen LogP contribution in [0.25, 0.3) is 11.5 Å². The molecule has 1 aliphatic heterocycles. The maximum absolute atomic E-state index is 12.8. The molecule has 9 nitrogen and oxygen atoms in total. The van der Waals surface area contributed by atoms with Gasteiger partial charge in [-0.25, -0.2) is 14.2 Å². The van der Waals surface area contributed by atoms with Crippen LogP contribution < -0.4 is 11.1 Å². The number of carbonyl (C=O) groups is 3. The number of hydrogen-bond donors (Lipinski definition) is 3. The number of rotatable bonds is 8. The van der Waals surface area contributed by atoms with Crippen molar-refractivity contribution in [2.24, 2.45) is 5.73 Å². The lowest BCUT2D eigenvalue weighted by Gasteiger charge is -2.36. The van der Waals surface area contributed by atoms with Gasteiger partial charge < -0.3 is 25.5 Å². The average Bonchev–Trinajstić information content (AvgIpc) is 3.27. The summed E-state index contributed by atoms with van der Waals surface area (Å²) in [6, 6.07) is 8.72. The van der Waals surface area contributed by atoms with Crippen LogP contribution in [0.1, 0.15) is 29.8 Å². The molecule has 0 spiro atoms. The van der Waals surface area contributed by atoms with Gasteiger partial charge in [0.1, 0.15) is 12.4 Å². The number of oxazole rings is 1. The van der Waals surface area contributed by atoms with Gasteiger partial charge in [-0.2, -0.15) is 13.2 Å². The summed E-state index contributed by atoms with van der Waals surface area (Å²) in [5.74, 6) is -2.88. The number of hydrogen-bond acceptors (Lipinski definition) is 6. The van der Waals surface area contributed by atoms with Gasteiger partial charge in [-0.1, -0.05) is 18.2 Å². The number of likely N-dealkylation sites (tertiary alicyclic amines) is 1. The van der Waals surface area contributed by atoms with E-state index in [0.717, 1.165) is 5.56 Å². The fraction of sp³-hybridized carbons (Fsp3) is 0.429. The molecule has 2 aromatic rings. The standard InChI is InChI=1S/C19H23FN4O3.C2HF3O2/c20-14-10-24(11-14)19(26)15(21)8-4-5-9-22-17(25)16-12-27-18(23-16)13-6-2-1-3-7-13;3-2(4,5)1(6)7/h1-3,6-7,12,14-15H,4-5,8-11,21H2,(H,22,25);(H,6,7)/t15-;/m0./s1. The molecule has 1 saturated heterocycles. The summed E-state index contributed by atoms with van der Waals surface area (Å²) in [5.41, 5.74) is 6.86. The Morgan fingerprint density at radius 2 is 1.82 bits per heavy atom. The third-order valence-electron chi connectivity index (χ3n) is 4.69. The summed E-state index contributed by atoms with van der Waals surface area (Å²) < 4.78 is 49.9. The molecule has 1 atom stereocenters. The van der Waals surface area contributed by atoms with Crippen LogP contribution >= 0.6 is 0 Å². The van der Waals surface area contributed by atoms with Crippen LogP contribution in [-0.2, 0) is 9.59 Å². The topological polar surface area (TPSA) is 139 Å². The van der Waals surface area contributed by atoms with Crippen LogP contribution in [0, 0.1) is 0 Å². The van der Waals surface area contributed by atoms with Crippen LogP contribution in [0.3, 0.4) is 0 Å². The van der Waals surface area contributed by atoms with E-state index in [4.69, 9.17) is 20.1 Å². The third-order valence-corrected chi connectivity index (χ3v) is 4.69. The molecule has 13 heteroatoms. The molecule has 2 amide bonds. The van der Waals surface area contributed by atoms with Crippen LogP contribution in [0.5, 0.6) is 0 Å². The number of alkyl halides is 4. The first-order valence-corrected chi connectivity index (χ1v) is 10.3. The number of carboxylic acids is 1. The van der Waals surface area contributed by atoms with Crippen molar-refractivity contribution >= 4 is 17.8 Å². The van der Waals surface area contributed by atoms with Gasteiger partial charge in [0.15, 0.2) is 5.69 Å². The van der Waals surface area contributed by atoms with Crippen LogP contribution in [0.4, 0.5) is 17.6 Å². The number of nitrogens with two attached hydrogens (primary N) is 1. The van der Waals surface area contributed by atoms with E-state index in [9.17, 15) is 27.2 Å². The molecule has 0 saturated carbocycles. The molecular weight excluding hydrogens is 464 g/mol. The Kier molecular flexibility index (Phi) is 9.54. The van der Waals surface area contributed by atoms with Crippen LogP contribution in [0.15, 0.2) is 41.0 Å². The number of aromatic nitrogens is 1. The molecule has 2 heterocycles. The highest BCUT2D eigenvalue weighted by Gasteiger charge is 2.38. The summed E-state index contributed by atoms with van der Waals surface area (Å²) in [4.78, 5) is 38.5. The zero-order chi connectivity index (χ0) is 25.3. The highest BCUT2D eigenvalue weighted by Crippen LogP contribution is 2.18. The Labute approximate surface area is 191 Å². The Morgan fingerprint density at radius 1 is 1.21 bits per heavy atom. The predicted octanol–water partition coefficient (Wildman–Crippen LogP) is 2.38. The van der Waals surface area contributed by atoms with Crippen molar-refractivity contribution in [3.8, 4) is 11.5 Å². The molecule has 1 aromatic carbocycles. The first-order chi connectivity index (χ1) is 16.0. The maximum Gasteiger partial charge on any atom is 0.490 e. The second-order valence-corrected chi connectivity index (χ2v) is 7.41. The van der Waals surface area contributed by atoms with Gasteiger partial charge in [-0.05, 0) is 31.4 Å². The van der Waals surface area contributed by atoms with Crippen molar-refractivity contribution in [2.75, 3.05) is 19.6 Å². The molecule has 0 radical (unpaired) electrons. The van der Waals surface area contributed by atoms with E-state index in [2.05, 4.69) is 10.3 Å². The minimum Gasteiger partial charge on any atom is -0.475 e. The highest BCUT2D eigenvalue weighted by molar-refractivity contribution is 5.92. The summed E-state index contributed by atoms with van der Waals surface area (Å²) in [6.07, 6.45) is -2.80. The van der Waals surface area contributed by atoms with Crippen molar-refractivity contribution in [3.63, 3.8) is 0 Å².